The smallest absolute Gasteiger partial charge is 0.143 e. The highest BCUT2D eigenvalue weighted by molar-refractivity contribution is 7.78. The van der Waals surface area contributed by atoms with Crippen molar-refractivity contribution in [3.05, 3.63) is 60.7 Å². The number of hydrogen-bond acceptors (Lipinski definition) is 2. The van der Waals surface area contributed by atoms with Gasteiger partial charge in [0.2, 0.25) is 0 Å². The molecule has 0 saturated heterocycles. The first-order valence-corrected chi connectivity index (χ1v) is 9.24. The summed E-state index contributed by atoms with van der Waals surface area (Å²) in [6.45, 7) is 0. The molecule has 2 aromatic rings. The van der Waals surface area contributed by atoms with E-state index in [0.29, 0.717) is 12.6 Å². The standard InChI is InChI=1S/C18H20NOP/c19-15-9-1-2-10-16-21(20,17-11-5-3-6-12-17)18-13-7-4-8-14-18/h3-8,11-14H,1-2,9-10,16H2. The van der Waals surface area contributed by atoms with E-state index < -0.39 is 7.14 Å². The van der Waals surface area contributed by atoms with Crippen molar-refractivity contribution in [1.82, 2.24) is 0 Å². The predicted molar refractivity (Wildman–Crippen MR) is 88.7 cm³/mol. The molecule has 21 heavy (non-hydrogen) atoms. The van der Waals surface area contributed by atoms with Crippen LogP contribution in [0.2, 0.25) is 0 Å². The van der Waals surface area contributed by atoms with E-state index in [1.54, 1.807) is 0 Å². The van der Waals surface area contributed by atoms with E-state index in [-0.39, 0.29) is 0 Å². The van der Waals surface area contributed by atoms with Gasteiger partial charge in [0.15, 0.2) is 0 Å². The summed E-state index contributed by atoms with van der Waals surface area (Å²) in [5.41, 5.74) is 0. The Kier molecular flexibility index (Phi) is 5.78. The Bertz CT molecular complexity index is 588. The third-order valence-corrected chi connectivity index (χ3v) is 6.82. The van der Waals surface area contributed by atoms with Gasteiger partial charge in [-0.15, -0.1) is 0 Å². The summed E-state index contributed by atoms with van der Waals surface area (Å²) in [4.78, 5) is 0. The molecule has 2 nitrogen and oxygen atoms in total. The molecule has 0 fully saturated rings. The average Bonchev–Trinajstić information content (AvgIpc) is 2.56. The van der Waals surface area contributed by atoms with E-state index in [2.05, 4.69) is 6.07 Å². The van der Waals surface area contributed by atoms with Crippen LogP contribution in [0.3, 0.4) is 0 Å². The molecule has 0 atom stereocenters. The van der Waals surface area contributed by atoms with E-state index in [1.807, 2.05) is 60.7 Å². The van der Waals surface area contributed by atoms with Gasteiger partial charge in [-0.3, -0.25) is 0 Å². The Hall–Kier alpha value is -1.84. The lowest BCUT2D eigenvalue weighted by molar-refractivity contribution is 0.583. The molecule has 0 aromatic heterocycles. The lowest BCUT2D eigenvalue weighted by atomic mass is 10.2. The van der Waals surface area contributed by atoms with Crippen molar-refractivity contribution in [2.45, 2.75) is 25.7 Å². The summed E-state index contributed by atoms with van der Waals surface area (Å²) < 4.78 is 13.6. The molecule has 108 valence electrons. The van der Waals surface area contributed by atoms with Gasteiger partial charge in [-0.1, -0.05) is 67.1 Å². The van der Waals surface area contributed by atoms with Crippen LogP contribution in [0.1, 0.15) is 25.7 Å². The zero-order valence-corrected chi connectivity index (χ0v) is 13.0. The topological polar surface area (TPSA) is 40.9 Å². The zero-order valence-electron chi connectivity index (χ0n) is 12.1. The number of hydrogen-bond donors (Lipinski definition) is 0. The molecule has 0 unspecified atom stereocenters. The fraction of sp³-hybridized carbons (Fsp3) is 0.278. The first-order chi connectivity index (χ1) is 10.3. The number of benzene rings is 2. The minimum absolute atomic E-state index is 0.584. The first-order valence-electron chi connectivity index (χ1n) is 7.34. The Labute approximate surface area is 126 Å². The minimum Gasteiger partial charge on any atom is -0.314 e. The molecular weight excluding hydrogens is 277 g/mol. The fourth-order valence-corrected chi connectivity index (χ4v) is 5.25. The molecule has 0 aliphatic rings. The van der Waals surface area contributed by atoms with Crippen molar-refractivity contribution in [1.29, 1.82) is 5.26 Å². The molecular formula is C18H20NOP. The summed E-state index contributed by atoms with van der Waals surface area (Å²) in [7, 11) is -2.56. The van der Waals surface area contributed by atoms with Crippen molar-refractivity contribution >= 4 is 17.8 Å². The summed E-state index contributed by atoms with van der Waals surface area (Å²) >= 11 is 0. The monoisotopic (exact) mass is 297 g/mol. The normalized spacial score (nSPS) is 11.0. The summed E-state index contributed by atoms with van der Waals surface area (Å²) in [5, 5.41) is 10.4. The summed E-state index contributed by atoms with van der Waals surface area (Å²) in [6, 6.07) is 21.7. The molecule has 0 heterocycles. The van der Waals surface area contributed by atoms with Crippen molar-refractivity contribution in [2.75, 3.05) is 6.16 Å². The lowest BCUT2D eigenvalue weighted by Crippen LogP contribution is -2.18. The van der Waals surface area contributed by atoms with E-state index >= 15 is 0 Å². The highest BCUT2D eigenvalue weighted by atomic mass is 31.2. The van der Waals surface area contributed by atoms with Crippen LogP contribution < -0.4 is 10.6 Å². The number of unbranched alkanes of at least 4 members (excludes halogenated alkanes) is 3. The van der Waals surface area contributed by atoms with E-state index in [9.17, 15) is 4.57 Å². The van der Waals surface area contributed by atoms with E-state index in [0.717, 1.165) is 29.9 Å². The van der Waals surface area contributed by atoms with Crippen molar-refractivity contribution < 1.29 is 4.57 Å². The number of nitrogens with zero attached hydrogens (tertiary/aromatic N) is 1. The predicted octanol–water partition coefficient (Wildman–Crippen LogP) is 4.08. The molecule has 0 bridgehead atoms. The van der Waals surface area contributed by atoms with Crippen molar-refractivity contribution in [2.24, 2.45) is 0 Å². The molecule has 0 spiro atoms. The fourth-order valence-electron chi connectivity index (χ4n) is 2.46. The van der Waals surface area contributed by atoms with Crippen LogP contribution in [-0.2, 0) is 4.57 Å². The third kappa shape index (κ3) is 4.06. The molecule has 0 N–H and O–H groups in total. The molecule has 0 aliphatic carbocycles. The van der Waals surface area contributed by atoms with Gasteiger partial charge >= 0.3 is 0 Å². The van der Waals surface area contributed by atoms with Gasteiger partial charge in [0.05, 0.1) is 6.07 Å². The molecule has 0 amide bonds. The van der Waals surface area contributed by atoms with Gasteiger partial charge in [-0.2, -0.15) is 5.26 Å². The van der Waals surface area contributed by atoms with Crippen LogP contribution in [0.4, 0.5) is 0 Å². The van der Waals surface area contributed by atoms with Gasteiger partial charge in [-0.05, 0) is 12.8 Å². The number of rotatable bonds is 7. The Morgan fingerprint density at radius 3 is 1.81 bits per heavy atom. The first kappa shape index (κ1) is 15.5. The SMILES string of the molecule is N#CCCCCCP(=O)(c1ccccc1)c1ccccc1. The quantitative estimate of drug-likeness (QED) is 0.570. The van der Waals surface area contributed by atoms with Gasteiger partial charge in [0.1, 0.15) is 7.14 Å². The van der Waals surface area contributed by atoms with Crippen LogP contribution in [0.15, 0.2) is 60.7 Å². The maximum Gasteiger partial charge on any atom is 0.143 e. The van der Waals surface area contributed by atoms with Gasteiger partial charge < -0.3 is 4.57 Å². The zero-order chi connectivity index (χ0) is 15.0. The van der Waals surface area contributed by atoms with Gasteiger partial charge in [0.25, 0.3) is 0 Å². The molecule has 3 heteroatoms. The lowest BCUT2D eigenvalue weighted by Gasteiger charge is -2.19. The second kappa shape index (κ2) is 7.81. The van der Waals surface area contributed by atoms with Crippen molar-refractivity contribution in [3.8, 4) is 6.07 Å². The molecule has 2 aromatic carbocycles. The molecule has 0 saturated carbocycles. The second-order valence-corrected chi connectivity index (χ2v) is 8.06. The highest BCUT2D eigenvalue weighted by Crippen LogP contribution is 2.44. The van der Waals surface area contributed by atoms with Crippen LogP contribution in [0.5, 0.6) is 0 Å². The minimum atomic E-state index is -2.56. The van der Waals surface area contributed by atoms with Crippen LogP contribution >= 0.6 is 7.14 Å². The second-order valence-electron chi connectivity index (χ2n) is 5.10. The van der Waals surface area contributed by atoms with E-state index in [4.69, 9.17) is 5.26 Å². The molecule has 2 rings (SSSR count). The van der Waals surface area contributed by atoms with E-state index in [1.165, 1.54) is 0 Å². The summed E-state index contributed by atoms with van der Waals surface area (Å²) in [6.07, 6.45) is 3.99. The molecule has 0 aliphatic heterocycles. The Morgan fingerprint density at radius 2 is 1.33 bits per heavy atom. The van der Waals surface area contributed by atoms with Crippen molar-refractivity contribution in [3.63, 3.8) is 0 Å². The molecule has 0 radical (unpaired) electrons. The Balaban J connectivity index is 2.20. The van der Waals surface area contributed by atoms with Crippen LogP contribution in [-0.4, -0.2) is 6.16 Å². The van der Waals surface area contributed by atoms with Crippen LogP contribution in [0.25, 0.3) is 0 Å². The number of nitriles is 1. The average molecular weight is 297 g/mol. The largest absolute Gasteiger partial charge is 0.314 e. The maximum absolute atomic E-state index is 13.6. The Morgan fingerprint density at radius 1 is 0.810 bits per heavy atom. The highest BCUT2D eigenvalue weighted by Gasteiger charge is 2.26. The third-order valence-electron chi connectivity index (χ3n) is 3.61. The maximum atomic E-state index is 13.6. The van der Waals surface area contributed by atoms with Gasteiger partial charge in [0, 0.05) is 23.2 Å². The van der Waals surface area contributed by atoms with Gasteiger partial charge in [-0.25, -0.2) is 0 Å². The van der Waals surface area contributed by atoms with Crippen LogP contribution in [0, 0.1) is 11.3 Å². The summed E-state index contributed by atoms with van der Waals surface area (Å²) in [5.74, 6) is 0.